The molecular weight excluding hydrogens is 224 g/mol. The second-order valence-corrected chi connectivity index (χ2v) is 4.31. The number of aliphatic carboxylic acids is 2. The van der Waals surface area contributed by atoms with Crippen LogP contribution in [0.1, 0.15) is 57.8 Å². The fraction of sp³-hybridized carbons (Fsp3) is 0.833. The first kappa shape index (κ1) is 15.9. The van der Waals surface area contributed by atoms with Crippen molar-refractivity contribution in [2.24, 2.45) is 0 Å². The molecule has 5 heteroatoms. The smallest absolute Gasteiger partial charge is 0.305 e. The molecule has 0 heterocycles. The summed E-state index contributed by atoms with van der Waals surface area (Å²) in [6, 6.07) is 0. The van der Waals surface area contributed by atoms with E-state index in [1.54, 1.807) is 0 Å². The van der Waals surface area contributed by atoms with Gasteiger partial charge in [-0.05, 0) is 12.8 Å². The van der Waals surface area contributed by atoms with Gasteiger partial charge < -0.3 is 15.3 Å². The summed E-state index contributed by atoms with van der Waals surface area (Å²) in [6.45, 7) is 0. The third-order valence-electron chi connectivity index (χ3n) is 2.59. The molecule has 17 heavy (non-hydrogen) atoms. The first-order chi connectivity index (χ1) is 8.02. The average molecular weight is 246 g/mol. The Morgan fingerprint density at radius 3 is 1.88 bits per heavy atom. The highest BCUT2D eigenvalue weighted by molar-refractivity contribution is 5.67. The lowest BCUT2D eigenvalue weighted by molar-refractivity contribution is -0.139. The molecule has 0 aromatic rings. The van der Waals surface area contributed by atoms with Crippen LogP contribution in [0.3, 0.4) is 0 Å². The average Bonchev–Trinajstić information content (AvgIpc) is 2.20. The van der Waals surface area contributed by atoms with Crippen LogP contribution < -0.4 is 0 Å². The van der Waals surface area contributed by atoms with E-state index in [9.17, 15) is 14.7 Å². The van der Waals surface area contributed by atoms with Crippen LogP contribution >= 0.6 is 0 Å². The number of hydrogen-bond acceptors (Lipinski definition) is 3. The first-order valence-corrected chi connectivity index (χ1v) is 6.14. The fourth-order valence-corrected chi connectivity index (χ4v) is 1.67. The lowest BCUT2D eigenvalue weighted by Crippen LogP contribution is -2.12. The Balaban J connectivity index is 3.18. The minimum absolute atomic E-state index is 0.182. The zero-order valence-corrected chi connectivity index (χ0v) is 10.1. The molecule has 0 aromatic carbocycles. The van der Waals surface area contributed by atoms with Crippen molar-refractivity contribution in [2.45, 2.75) is 63.9 Å². The molecule has 0 saturated carbocycles. The summed E-state index contributed by atoms with van der Waals surface area (Å²) in [7, 11) is 0. The molecule has 0 aromatic heterocycles. The second kappa shape index (κ2) is 10.1. The minimum atomic E-state index is -0.967. The van der Waals surface area contributed by atoms with Crippen LogP contribution in [0.4, 0.5) is 0 Å². The molecule has 0 aliphatic heterocycles. The molecule has 100 valence electrons. The number of carboxylic acids is 2. The maximum absolute atomic E-state index is 10.3. The monoisotopic (exact) mass is 246 g/mol. The Bertz CT molecular complexity index is 227. The predicted molar refractivity (Wildman–Crippen MR) is 62.8 cm³/mol. The van der Waals surface area contributed by atoms with Gasteiger partial charge in [0.1, 0.15) is 0 Å². The second-order valence-electron chi connectivity index (χ2n) is 4.31. The molecule has 1 atom stereocenters. The maximum Gasteiger partial charge on any atom is 0.305 e. The standard InChI is InChI=1S/C12H22O5/c13-10(9-12(16)17)7-5-3-1-2-4-6-8-11(14)15/h10,13H,1-9H2,(H,14,15)(H,16,17)/t10-/m1/s1. The molecular formula is C12H22O5. The minimum Gasteiger partial charge on any atom is -0.481 e. The van der Waals surface area contributed by atoms with E-state index in [1.807, 2.05) is 0 Å². The van der Waals surface area contributed by atoms with Gasteiger partial charge in [0.2, 0.25) is 0 Å². The summed E-state index contributed by atoms with van der Waals surface area (Å²) in [5.41, 5.74) is 0. The highest BCUT2D eigenvalue weighted by atomic mass is 16.4. The van der Waals surface area contributed by atoms with Crippen LogP contribution in [-0.4, -0.2) is 33.4 Å². The lowest BCUT2D eigenvalue weighted by Gasteiger charge is -2.07. The van der Waals surface area contributed by atoms with E-state index >= 15 is 0 Å². The largest absolute Gasteiger partial charge is 0.481 e. The zero-order chi connectivity index (χ0) is 13.1. The van der Waals surface area contributed by atoms with Crippen LogP contribution in [0.2, 0.25) is 0 Å². The van der Waals surface area contributed by atoms with E-state index in [4.69, 9.17) is 10.2 Å². The van der Waals surface area contributed by atoms with Crippen molar-refractivity contribution in [1.82, 2.24) is 0 Å². The molecule has 0 aliphatic rings. The number of rotatable bonds is 11. The van der Waals surface area contributed by atoms with Crippen molar-refractivity contribution in [1.29, 1.82) is 0 Å². The Morgan fingerprint density at radius 2 is 1.35 bits per heavy atom. The normalized spacial score (nSPS) is 12.3. The number of hydrogen-bond donors (Lipinski definition) is 3. The van der Waals surface area contributed by atoms with E-state index in [-0.39, 0.29) is 12.8 Å². The SMILES string of the molecule is O=C(O)CCCCCCCC[C@@H](O)CC(=O)O. The molecule has 0 spiro atoms. The Hall–Kier alpha value is -1.10. The topological polar surface area (TPSA) is 94.8 Å². The van der Waals surface area contributed by atoms with Gasteiger partial charge in [0, 0.05) is 6.42 Å². The predicted octanol–water partition coefficient (Wildman–Crippen LogP) is 2.03. The van der Waals surface area contributed by atoms with Crippen LogP contribution in [-0.2, 0) is 9.59 Å². The molecule has 0 rings (SSSR count). The zero-order valence-electron chi connectivity index (χ0n) is 10.1. The fourth-order valence-electron chi connectivity index (χ4n) is 1.67. The Labute approximate surface area is 101 Å². The van der Waals surface area contributed by atoms with Crippen molar-refractivity contribution in [3.8, 4) is 0 Å². The highest BCUT2D eigenvalue weighted by Gasteiger charge is 2.08. The van der Waals surface area contributed by atoms with Gasteiger partial charge in [-0.3, -0.25) is 9.59 Å². The summed E-state index contributed by atoms with van der Waals surface area (Å²) in [6.07, 6.45) is 5.29. The molecule has 0 amide bonds. The van der Waals surface area contributed by atoms with Crippen molar-refractivity contribution < 1.29 is 24.9 Å². The summed E-state index contributed by atoms with van der Waals surface area (Å²) < 4.78 is 0. The van der Waals surface area contributed by atoms with Crippen LogP contribution in [0.15, 0.2) is 0 Å². The number of carboxylic acid groups (broad SMARTS) is 2. The van der Waals surface area contributed by atoms with Gasteiger partial charge in [0.25, 0.3) is 0 Å². The highest BCUT2D eigenvalue weighted by Crippen LogP contribution is 2.11. The number of carbonyl (C=O) groups is 2. The molecule has 5 nitrogen and oxygen atoms in total. The third kappa shape index (κ3) is 12.8. The van der Waals surface area contributed by atoms with Crippen molar-refractivity contribution in [2.75, 3.05) is 0 Å². The summed E-state index contributed by atoms with van der Waals surface area (Å²) >= 11 is 0. The molecule has 0 aliphatic carbocycles. The van der Waals surface area contributed by atoms with Crippen LogP contribution in [0.25, 0.3) is 0 Å². The van der Waals surface area contributed by atoms with Gasteiger partial charge in [0.15, 0.2) is 0 Å². The van der Waals surface area contributed by atoms with Crippen LogP contribution in [0.5, 0.6) is 0 Å². The third-order valence-corrected chi connectivity index (χ3v) is 2.59. The molecule has 0 saturated heterocycles. The first-order valence-electron chi connectivity index (χ1n) is 6.14. The molecule has 3 N–H and O–H groups in total. The van der Waals surface area contributed by atoms with Gasteiger partial charge in [0.05, 0.1) is 12.5 Å². The number of aliphatic hydroxyl groups excluding tert-OH is 1. The Kier molecular flexibility index (Phi) is 9.43. The molecule has 0 radical (unpaired) electrons. The molecule has 0 unspecified atom stereocenters. The van der Waals surface area contributed by atoms with E-state index in [0.29, 0.717) is 6.42 Å². The van der Waals surface area contributed by atoms with E-state index in [0.717, 1.165) is 38.5 Å². The quantitative estimate of drug-likeness (QED) is 0.485. The van der Waals surface area contributed by atoms with Gasteiger partial charge in [-0.25, -0.2) is 0 Å². The molecule has 0 fully saturated rings. The van der Waals surface area contributed by atoms with Gasteiger partial charge in [-0.1, -0.05) is 32.1 Å². The van der Waals surface area contributed by atoms with E-state index in [2.05, 4.69) is 0 Å². The number of aliphatic hydroxyl groups is 1. The van der Waals surface area contributed by atoms with E-state index in [1.165, 1.54) is 0 Å². The van der Waals surface area contributed by atoms with E-state index < -0.39 is 18.0 Å². The lowest BCUT2D eigenvalue weighted by atomic mass is 10.0. The van der Waals surface area contributed by atoms with Crippen molar-refractivity contribution in [3.05, 3.63) is 0 Å². The number of unbranched alkanes of at least 4 members (excludes halogenated alkanes) is 5. The summed E-state index contributed by atoms with van der Waals surface area (Å²) in [4.78, 5) is 20.5. The van der Waals surface area contributed by atoms with Crippen molar-refractivity contribution >= 4 is 11.9 Å². The maximum atomic E-state index is 10.3. The van der Waals surface area contributed by atoms with Crippen LogP contribution in [0, 0.1) is 0 Å². The van der Waals surface area contributed by atoms with Gasteiger partial charge in [-0.15, -0.1) is 0 Å². The Morgan fingerprint density at radius 1 is 0.824 bits per heavy atom. The van der Waals surface area contributed by atoms with Gasteiger partial charge in [-0.2, -0.15) is 0 Å². The summed E-state index contributed by atoms with van der Waals surface area (Å²) in [5, 5.41) is 26.1. The van der Waals surface area contributed by atoms with Crippen molar-refractivity contribution in [3.63, 3.8) is 0 Å². The summed E-state index contributed by atoms with van der Waals surface area (Å²) in [5.74, 6) is -1.71. The molecule has 0 bridgehead atoms. The van der Waals surface area contributed by atoms with Gasteiger partial charge >= 0.3 is 11.9 Å².